The van der Waals surface area contributed by atoms with Gasteiger partial charge in [0.1, 0.15) is 0 Å². The molecule has 4 heteroatoms. The maximum Gasteiger partial charge on any atom is 0.0666 e. The van der Waals surface area contributed by atoms with Crippen LogP contribution in [0.5, 0.6) is 0 Å². The number of aliphatic hydroxyl groups excluding tert-OH is 1. The fourth-order valence-corrected chi connectivity index (χ4v) is 2.68. The van der Waals surface area contributed by atoms with Crippen LogP contribution in [0.1, 0.15) is 26.2 Å². The van der Waals surface area contributed by atoms with Gasteiger partial charge in [0.2, 0.25) is 0 Å². The smallest absolute Gasteiger partial charge is 0.0666 e. The molecule has 0 radical (unpaired) electrons. The van der Waals surface area contributed by atoms with E-state index in [1.807, 2.05) is 18.7 Å². The molecule has 0 bridgehead atoms. The van der Waals surface area contributed by atoms with E-state index in [4.69, 9.17) is 15.6 Å². The predicted octanol–water partition coefficient (Wildman–Crippen LogP) is 0.998. The molecule has 0 aliphatic carbocycles. The van der Waals surface area contributed by atoms with E-state index in [0.29, 0.717) is 6.10 Å². The van der Waals surface area contributed by atoms with Gasteiger partial charge in [-0.15, -0.1) is 0 Å². The van der Waals surface area contributed by atoms with Crippen LogP contribution in [0.15, 0.2) is 0 Å². The average Bonchev–Trinajstić information content (AvgIpc) is 2.65. The van der Waals surface area contributed by atoms with E-state index in [-0.39, 0.29) is 6.61 Å². The highest BCUT2D eigenvalue weighted by Gasteiger charge is 2.18. The first-order valence-corrected chi connectivity index (χ1v) is 6.38. The van der Waals surface area contributed by atoms with Gasteiger partial charge in [0.05, 0.1) is 12.7 Å². The maximum atomic E-state index is 8.95. The normalized spacial score (nSPS) is 26.4. The first-order chi connectivity index (χ1) is 6.64. The first-order valence-electron chi connectivity index (χ1n) is 5.23. The van der Waals surface area contributed by atoms with E-state index in [0.717, 1.165) is 24.5 Å². The quantitative estimate of drug-likeness (QED) is 0.654. The summed E-state index contributed by atoms with van der Waals surface area (Å²) in [4.78, 5) is 0. The maximum absolute atomic E-state index is 8.95. The Morgan fingerprint density at radius 1 is 1.64 bits per heavy atom. The van der Waals surface area contributed by atoms with Crippen LogP contribution in [-0.4, -0.2) is 41.5 Å². The van der Waals surface area contributed by atoms with E-state index >= 15 is 0 Å². The molecule has 0 saturated carbocycles. The number of rotatable bonds is 6. The molecule has 3 N–H and O–H groups in total. The lowest BCUT2D eigenvalue weighted by atomic mass is 10.0. The molecular weight excluding hydrogens is 198 g/mol. The molecule has 0 aromatic carbocycles. The lowest BCUT2D eigenvalue weighted by molar-refractivity contribution is 0.129. The zero-order valence-electron chi connectivity index (χ0n) is 8.87. The lowest BCUT2D eigenvalue weighted by Crippen LogP contribution is -2.40. The van der Waals surface area contributed by atoms with Gasteiger partial charge in [-0.2, -0.15) is 11.8 Å². The van der Waals surface area contributed by atoms with Crippen LogP contribution in [0.25, 0.3) is 0 Å². The molecule has 3 nitrogen and oxygen atoms in total. The number of ether oxygens (including phenoxy) is 1. The topological polar surface area (TPSA) is 55.5 Å². The molecule has 0 aromatic rings. The summed E-state index contributed by atoms with van der Waals surface area (Å²) < 4.78 is 5.51. The molecule has 84 valence electrons. The van der Waals surface area contributed by atoms with Gasteiger partial charge < -0.3 is 15.6 Å². The number of hydrogen-bond acceptors (Lipinski definition) is 4. The van der Waals surface area contributed by atoms with Crippen molar-refractivity contribution in [2.45, 2.75) is 37.8 Å². The summed E-state index contributed by atoms with van der Waals surface area (Å²) in [5.74, 6) is 2.08. The number of hydrogen-bond donors (Lipinski definition) is 2. The number of aliphatic hydroxyl groups is 1. The molecule has 1 saturated heterocycles. The number of thioether (sulfide) groups is 1. The summed E-state index contributed by atoms with van der Waals surface area (Å²) in [5, 5.41) is 8.95. The van der Waals surface area contributed by atoms with Crippen molar-refractivity contribution >= 4 is 11.8 Å². The highest BCUT2D eigenvalue weighted by molar-refractivity contribution is 7.99. The second-order valence-corrected chi connectivity index (χ2v) is 5.42. The fourth-order valence-electron chi connectivity index (χ4n) is 1.37. The van der Waals surface area contributed by atoms with E-state index in [2.05, 4.69) is 0 Å². The van der Waals surface area contributed by atoms with Crippen LogP contribution in [0.2, 0.25) is 0 Å². The van der Waals surface area contributed by atoms with Gasteiger partial charge in [0.25, 0.3) is 0 Å². The predicted molar refractivity (Wildman–Crippen MR) is 60.6 cm³/mol. The van der Waals surface area contributed by atoms with Crippen LogP contribution in [0, 0.1) is 0 Å². The molecule has 2 atom stereocenters. The Morgan fingerprint density at radius 3 is 3.00 bits per heavy atom. The summed E-state index contributed by atoms with van der Waals surface area (Å²) in [7, 11) is 0. The Labute approximate surface area is 90.4 Å². The van der Waals surface area contributed by atoms with E-state index in [1.54, 1.807) is 0 Å². The zero-order valence-corrected chi connectivity index (χ0v) is 9.68. The lowest BCUT2D eigenvalue weighted by Gasteiger charge is -2.21. The molecule has 1 aliphatic rings. The van der Waals surface area contributed by atoms with Gasteiger partial charge in [-0.3, -0.25) is 0 Å². The molecule has 0 aromatic heterocycles. The van der Waals surface area contributed by atoms with Crippen LogP contribution in [-0.2, 0) is 4.74 Å². The molecule has 14 heavy (non-hydrogen) atoms. The highest BCUT2D eigenvalue weighted by Crippen LogP contribution is 2.19. The van der Waals surface area contributed by atoms with Gasteiger partial charge in [0.15, 0.2) is 0 Å². The zero-order chi connectivity index (χ0) is 10.4. The Bertz CT molecular complexity index is 158. The molecule has 1 rings (SSSR count). The standard InChI is InChI=1S/C10H21NO2S/c1-10(11,8-12)4-6-14-7-9-3-2-5-13-9/h9,12H,2-8,11H2,1H3. The fraction of sp³-hybridized carbons (Fsp3) is 1.00. The van der Waals surface area contributed by atoms with Crippen molar-refractivity contribution < 1.29 is 9.84 Å². The molecule has 2 unspecified atom stereocenters. The van der Waals surface area contributed by atoms with Gasteiger partial charge in [-0.05, 0) is 31.9 Å². The summed E-state index contributed by atoms with van der Waals surface area (Å²) in [6.45, 7) is 2.88. The minimum Gasteiger partial charge on any atom is -0.394 e. The van der Waals surface area contributed by atoms with Gasteiger partial charge >= 0.3 is 0 Å². The van der Waals surface area contributed by atoms with Crippen LogP contribution >= 0.6 is 11.8 Å². The minimum atomic E-state index is -0.413. The molecule has 0 spiro atoms. The average molecular weight is 219 g/mol. The molecule has 1 aliphatic heterocycles. The Morgan fingerprint density at radius 2 is 2.43 bits per heavy atom. The van der Waals surface area contributed by atoms with Crippen molar-refractivity contribution in [3.63, 3.8) is 0 Å². The monoisotopic (exact) mass is 219 g/mol. The third kappa shape index (κ3) is 4.64. The van der Waals surface area contributed by atoms with Crippen LogP contribution in [0.4, 0.5) is 0 Å². The summed E-state index contributed by atoms with van der Waals surface area (Å²) in [6.07, 6.45) is 3.72. The van der Waals surface area contributed by atoms with Gasteiger partial charge in [-0.1, -0.05) is 0 Å². The van der Waals surface area contributed by atoms with Crippen molar-refractivity contribution in [3.8, 4) is 0 Å². The van der Waals surface area contributed by atoms with Gasteiger partial charge in [0, 0.05) is 17.9 Å². The van der Waals surface area contributed by atoms with Crippen molar-refractivity contribution in [2.24, 2.45) is 5.73 Å². The molecule has 1 heterocycles. The summed E-state index contributed by atoms with van der Waals surface area (Å²) >= 11 is 1.88. The summed E-state index contributed by atoms with van der Waals surface area (Å²) in [6, 6.07) is 0. The summed E-state index contributed by atoms with van der Waals surface area (Å²) in [5.41, 5.74) is 5.40. The van der Waals surface area contributed by atoms with E-state index in [9.17, 15) is 0 Å². The third-order valence-electron chi connectivity index (χ3n) is 2.51. The Hall–Kier alpha value is 0.230. The Balaban J connectivity index is 1.98. The molecule has 1 fully saturated rings. The minimum absolute atomic E-state index is 0.0630. The molecule has 0 amide bonds. The largest absolute Gasteiger partial charge is 0.394 e. The van der Waals surface area contributed by atoms with Crippen molar-refractivity contribution in [1.29, 1.82) is 0 Å². The second-order valence-electron chi connectivity index (χ2n) is 4.27. The molecular formula is C10H21NO2S. The van der Waals surface area contributed by atoms with Crippen LogP contribution < -0.4 is 5.73 Å². The van der Waals surface area contributed by atoms with Crippen molar-refractivity contribution in [3.05, 3.63) is 0 Å². The van der Waals surface area contributed by atoms with Crippen LogP contribution in [0.3, 0.4) is 0 Å². The second kappa shape index (κ2) is 5.95. The van der Waals surface area contributed by atoms with E-state index < -0.39 is 5.54 Å². The SMILES string of the molecule is CC(N)(CO)CCSCC1CCCO1. The van der Waals surface area contributed by atoms with Crippen molar-refractivity contribution in [1.82, 2.24) is 0 Å². The third-order valence-corrected chi connectivity index (χ3v) is 3.61. The Kier molecular flexibility index (Phi) is 5.23. The first kappa shape index (κ1) is 12.3. The van der Waals surface area contributed by atoms with E-state index in [1.165, 1.54) is 12.8 Å². The number of nitrogens with two attached hydrogens (primary N) is 1. The highest BCUT2D eigenvalue weighted by atomic mass is 32.2. The van der Waals surface area contributed by atoms with Crippen molar-refractivity contribution in [2.75, 3.05) is 24.7 Å². The van der Waals surface area contributed by atoms with Gasteiger partial charge in [-0.25, -0.2) is 0 Å².